The lowest BCUT2D eigenvalue weighted by Gasteiger charge is -2.16. The second kappa shape index (κ2) is 5.22. The molecule has 1 fully saturated rings. The van der Waals surface area contributed by atoms with Gasteiger partial charge in [0.1, 0.15) is 0 Å². The fourth-order valence-electron chi connectivity index (χ4n) is 1.89. The van der Waals surface area contributed by atoms with Gasteiger partial charge in [-0.1, -0.05) is 0 Å². The molecule has 0 spiro atoms. The number of rotatable bonds is 6. The van der Waals surface area contributed by atoms with Gasteiger partial charge in [-0.05, 0) is 26.0 Å². The van der Waals surface area contributed by atoms with Crippen LogP contribution in [-0.4, -0.2) is 36.0 Å². The molecule has 6 heteroatoms. The van der Waals surface area contributed by atoms with Crippen LogP contribution in [0, 0.1) is 10.1 Å². The fraction of sp³-hybridized carbons (Fsp3) is 0.500. The molecule has 3 N–H and O–H groups in total. The molecule has 0 unspecified atom stereocenters. The summed E-state index contributed by atoms with van der Waals surface area (Å²) in [4.78, 5) is 12.4. The molecule has 1 aromatic carbocycles. The first kappa shape index (κ1) is 12.6. The number of hydrogen-bond donors (Lipinski definition) is 2. The Morgan fingerprint density at radius 1 is 1.56 bits per heavy atom. The number of benzene rings is 1. The molecule has 98 valence electrons. The highest BCUT2D eigenvalue weighted by Gasteiger charge is 2.25. The van der Waals surface area contributed by atoms with Crippen LogP contribution in [-0.2, 0) is 0 Å². The normalized spacial score (nSPS) is 14.8. The molecular formula is C12H18N4O2. The van der Waals surface area contributed by atoms with Crippen LogP contribution in [0.4, 0.5) is 17.1 Å². The Morgan fingerprint density at radius 3 is 2.83 bits per heavy atom. The predicted molar refractivity (Wildman–Crippen MR) is 71.7 cm³/mol. The molecule has 0 amide bonds. The summed E-state index contributed by atoms with van der Waals surface area (Å²) >= 11 is 0. The van der Waals surface area contributed by atoms with Gasteiger partial charge in [-0.2, -0.15) is 0 Å². The number of nitrogens with two attached hydrogens (primary N) is 1. The third kappa shape index (κ3) is 3.10. The van der Waals surface area contributed by atoms with Crippen LogP contribution in [0.15, 0.2) is 18.2 Å². The number of likely N-dealkylation sites (N-methyl/N-ethyl adjacent to an activating group) is 1. The van der Waals surface area contributed by atoms with Crippen molar-refractivity contribution < 1.29 is 4.92 Å². The molecule has 0 bridgehead atoms. The van der Waals surface area contributed by atoms with Crippen LogP contribution in [0.3, 0.4) is 0 Å². The Morgan fingerprint density at radius 2 is 2.28 bits per heavy atom. The zero-order chi connectivity index (χ0) is 13.1. The van der Waals surface area contributed by atoms with Crippen molar-refractivity contribution >= 4 is 17.1 Å². The summed E-state index contributed by atoms with van der Waals surface area (Å²) in [6, 6.07) is 5.24. The van der Waals surface area contributed by atoms with Gasteiger partial charge in [-0.15, -0.1) is 0 Å². The first-order chi connectivity index (χ1) is 8.58. The van der Waals surface area contributed by atoms with Crippen molar-refractivity contribution in [2.75, 3.05) is 31.2 Å². The number of nitrogens with one attached hydrogen (secondary N) is 1. The van der Waals surface area contributed by atoms with Crippen molar-refractivity contribution in [3.05, 3.63) is 28.3 Å². The molecule has 0 saturated heterocycles. The average molecular weight is 250 g/mol. The summed E-state index contributed by atoms with van der Waals surface area (Å²) in [5.41, 5.74) is 6.96. The Bertz CT molecular complexity index is 446. The molecule has 0 aliphatic heterocycles. The molecule has 1 aromatic rings. The largest absolute Gasteiger partial charge is 0.397 e. The van der Waals surface area contributed by atoms with Crippen molar-refractivity contribution in [3.63, 3.8) is 0 Å². The Labute approximate surface area is 106 Å². The average Bonchev–Trinajstić information content (AvgIpc) is 3.14. The highest BCUT2D eigenvalue weighted by molar-refractivity contribution is 5.69. The molecule has 6 nitrogen and oxygen atoms in total. The minimum atomic E-state index is -0.443. The molecular weight excluding hydrogens is 232 g/mol. The summed E-state index contributed by atoms with van der Waals surface area (Å²) < 4.78 is 0. The van der Waals surface area contributed by atoms with E-state index in [-0.39, 0.29) is 5.69 Å². The SMILES string of the molecule is CN(CCNc1ccc([N+](=O)[O-])cc1N)C1CC1. The van der Waals surface area contributed by atoms with Gasteiger partial charge in [0.25, 0.3) is 5.69 Å². The van der Waals surface area contributed by atoms with Gasteiger partial charge < -0.3 is 16.0 Å². The lowest BCUT2D eigenvalue weighted by atomic mass is 10.2. The fourth-order valence-corrected chi connectivity index (χ4v) is 1.89. The molecule has 18 heavy (non-hydrogen) atoms. The number of nitrogen functional groups attached to an aromatic ring is 1. The van der Waals surface area contributed by atoms with E-state index in [0.717, 1.165) is 24.8 Å². The number of anilines is 2. The van der Waals surface area contributed by atoms with Crippen LogP contribution in [0.2, 0.25) is 0 Å². The zero-order valence-electron chi connectivity index (χ0n) is 10.4. The Balaban J connectivity index is 1.86. The van der Waals surface area contributed by atoms with Gasteiger partial charge in [0.05, 0.1) is 16.3 Å². The van der Waals surface area contributed by atoms with E-state index in [0.29, 0.717) is 5.69 Å². The third-order valence-electron chi connectivity index (χ3n) is 3.20. The lowest BCUT2D eigenvalue weighted by molar-refractivity contribution is -0.384. The summed E-state index contributed by atoms with van der Waals surface area (Å²) in [6.45, 7) is 1.73. The lowest BCUT2D eigenvalue weighted by Crippen LogP contribution is -2.27. The van der Waals surface area contributed by atoms with Gasteiger partial charge in [0, 0.05) is 31.3 Å². The van der Waals surface area contributed by atoms with Gasteiger partial charge in [-0.3, -0.25) is 10.1 Å². The Hall–Kier alpha value is -1.82. The van der Waals surface area contributed by atoms with Crippen molar-refractivity contribution in [1.82, 2.24) is 4.90 Å². The molecule has 1 saturated carbocycles. The second-order valence-electron chi connectivity index (χ2n) is 4.67. The maximum absolute atomic E-state index is 10.6. The number of nitro benzene ring substituents is 1. The maximum atomic E-state index is 10.6. The van der Waals surface area contributed by atoms with E-state index in [2.05, 4.69) is 17.3 Å². The van der Waals surface area contributed by atoms with Gasteiger partial charge in [0.15, 0.2) is 0 Å². The number of non-ortho nitro benzene ring substituents is 1. The Kier molecular flexibility index (Phi) is 3.66. The number of hydrogen-bond acceptors (Lipinski definition) is 5. The van der Waals surface area contributed by atoms with Gasteiger partial charge in [-0.25, -0.2) is 0 Å². The molecule has 0 aromatic heterocycles. The first-order valence-electron chi connectivity index (χ1n) is 6.06. The smallest absolute Gasteiger partial charge is 0.271 e. The van der Waals surface area contributed by atoms with Crippen molar-refractivity contribution in [1.29, 1.82) is 0 Å². The van der Waals surface area contributed by atoms with Crippen molar-refractivity contribution in [2.45, 2.75) is 18.9 Å². The maximum Gasteiger partial charge on any atom is 0.271 e. The third-order valence-corrected chi connectivity index (χ3v) is 3.20. The summed E-state index contributed by atoms with van der Waals surface area (Å²) in [5.74, 6) is 0. The highest BCUT2D eigenvalue weighted by atomic mass is 16.6. The molecule has 1 aliphatic rings. The van der Waals surface area contributed by atoms with Crippen molar-refractivity contribution in [3.8, 4) is 0 Å². The molecule has 0 atom stereocenters. The molecule has 1 aliphatic carbocycles. The number of nitro groups is 1. The topological polar surface area (TPSA) is 84.4 Å². The van der Waals surface area contributed by atoms with E-state index in [1.54, 1.807) is 6.07 Å². The monoisotopic (exact) mass is 250 g/mol. The summed E-state index contributed by atoms with van der Waals surface area (Å²) in [7, 11) is 2.11. The summed E-state index contributed by atoms with van der Waals surface area (Å²) in [5, 5.41) is 13.8. The van der Waals surface area contributed by atoms with Crippen LogP contribution in [0.5, 0.6) is 0 Å². The molecule has 2 rings (SSSR count). The van der Waals surface area contributed by atoms with Crippen LogP contribution >= 0.6 is 0 Å². The van der Waals surface area contributed by atoms with E-state index in [1.807, 2.05) is 0 Å². The first-order valence-corrected chi connectivity index (χ1v) is 6.06. The van der Waals surface area contributed by atoms with Crippen molar-refractivity contribution in [2.24, 2.45) is 0 Å². The van der Waals surface area contributed by atoms with E-state index < -0.39 is 4.92 Å². The van der Waals surface area contributed by atoms with E-state index in [4.69, 9.17) is 5.73 Å². The minimum Gasteiger partial charge on any atom is -0.397 e. The predicted octanol–water partition coefficient (Wildman–Crippen LogP) is 1.68. The van der Waals surface area contributed by atoms with Gasteiger partial charge in [0.2, 0.25) is 0 Å². The standard InChI is InChI=1S/C12H18N4O2/c1-15(9-2-3-9)7-6-14-12-5-4-10(16(17)18)8-11(12)13/h4-5,8-9,14H,2-3,6-7,13H2,1H3. The quantitative estimate of drug-likeness (QED) is 0.456. The molecule has 0 heterocycles. The van der Waals surface area contributed by atoms with E-state index in [9.17, 15) is 10.1 Å². The zero-order valence-corrected chi connectivity index (χ0v) is 10.4. The van der Waals surface area contributed by atoms with Crippen LogP contribution < -0.4 is 11.1 Å². The van der Waals surface area contributed by atoms with E-state index >= 15 is 0 Å². The molecule has 0 radical (unpaired) electrons. The minimum absolute atomic E-state index is 0.0214. The van der Waals surface area contributed by atoms with E-state index in [1.165, 1.54) is 25.0 Å². The van der Waals surface area contributed by atoms with Crippen LogP contribution in [0.25, 0.3) is 0 Å². The number of nitrogens with zero attached hydrogens (tertiary/aromatic N) is 2. The second-order valence-corrected chi connectivity index (χ2v) is 4.67. The van der Waals surface area contributed by atoms with Crippen LogP contribution in [0.1, 0.15) is 12.8 Å². The highest BCUT2D eigenvalue weighted by Crippen LogP contribution is 2.26. The van der Waals surface area contributed by atoms with Gasteiger partial charge >= 0.3 is 0 Å². The summed E-state index contributed by atoms with van der Waals surface area (Å²) in [6.07, 6.45) is 2.58.